The molecule has 214 valence electrons. The van der Waals surface area contributed by atoms with Gasteiger partial charge in [0, 0.05) is 12.6 Å². The van der Waals surface area contributed by atoms with Gasteiger partial charge in [0.15, 0.2) is 0 Å². The van der Waals surface area contributed by atoms with E-state index in [1.165, 1.54) is 6.42 Å². The van der Waals surface area contributed by atoms with Gasteiger partial charge in [0.1, 0.15) is 17.7 Å². The summed E-state index contributed by atoms with van der Waals surface area (Å²) >= 11 is 1.61. The predicted molar refractivity (Wildman–Crippen MR) is 156 cm³/mol. The van der Waals surface area contributed by atoms with Crippen molar-refractivity contribution in [3.8, 4) is 0 Å². The highest BCUT2D eigenvalue weighted by Crippen LogP contribution is 2.28. The molecule has 1 fully saturated rings. The van der Waals surface area contributed by atoms with E-state index in [0.29, 0.717) is 18.7 Å². The molecular weight excluding hydrogens is 498 g/mol. The molecule has 1 aromatic carbocycles. The number of thioether (sulfide) groups is 1. The highest BCUT2D eigenvalue weighted by molar-refractivity contribution is 7.98. The minimum absolute atomic E-state index is 0.125. The second-order valence-electron chi connectivity index (χ2n) is 11.5. The van der Waals surface area contributed by atoms with E-state index in [1.54, 1.807) is 37.4 Å². The van der Waals surface area contributed by atoms with Gasteiger partial charge >= 0.3 is 6.09 Å². The summed E-state index contributed by atoms with van der Waals surface area (Å²) in [4.78, 5) is 42.6. The molecule has 2 unspecified atom stereocenters. The summed E-state index contributed by atoms with van der Waals surface area (Å²) in [5, 5.41) is 6.09. The fraction of sp³-hybridized carbons (Fsp3) is 0.700. The number of ether oxygens (including phenoxy) is 1. The molecule has 1 aliphatic rings. The van der Waals surface area contributed by atoms with Crippen molar-refractivity contribution in [3.05, 3.63) is 34.9 Å². The van der Waals surface area contributed by atoms with Crippen LogP contribution in [0.25, 0.3) is 0 Å². The molecule has 7 nitrogen and oxygen atoms in total. The van der Waals surface area contributed by atoms with Crippen LogP contribution >= 0.6 is 11.8 Å². The van der Waals surface area contributed by atoms with Gasteiger partial charge in [-0.15, -0.1) is 0 Å². The molecule has 2 atom stereocenters. The van der Waals surface area contributed by atoms with E-state index in [-0.39, 0.29) is 17.9 Å². The van der Waals surface area contributed by atoms with E-state index in [2.05, 4.69) is 23.6 Å². The van der Waals surface area contributed by atoms with E-state index in [9.17, 15) is 14.4 Å². The van der Waals surface area contributed by atoms with Crippen LogP contribution in [-0.2, 0) is 14.3 Å². The van der Waals surface area contributed by atoms with Gasteiger partial charge in [-0.05, 0) is 83.4 Å². The average molecular weight is 548 g/mol. The quantitative estimate of drug-likeness (QED) is 0.332. The minimum atomic E-state index is -0.787. The van der Waals surface area contributed by atoms with Crippen LogP contribution in [0, 0.1) is 13.8 Å². The van der Waals surface area contributed by atoms with Crippen LogP contribution in [0.4, 0.5) is 4.79 Å². The summed E-state index contributed by atoms with van der Waals surface area (Å²) in [7, 11) is 0. The summed E-state index contributed by atoms with van der Waals surface area (Å²) in [6.07, 6.45) is 8.77. The standard InChI is InChI=1S/C30H49N3O4S/c1-8-9-18-33(28(35)25(17-19-38-7)32-29(36)37-30(4,5)6)26(24-16-15-21(2)20-22(24)3)27(34)31-23-13-11-10-12-14-23/h15-16,20,23,25-26H,8-14,17-19H2,1-7H3,(H,31,34)(H,32,36). The van der Waals surface area contributed by atoms with Crippen molar-refractivity contribution in [2.24, 2.45) is 0 Å². The highest BCUT2D eigenvalue weighted by Gasteiger charge is 2.37. The van der Waals surface area contributed by atoms with Crippen LogP contribution in [0.5, 0.6) is 0 Å². The number of nitrogens with one attached hydrogen (secondary N) is 2. The van der Waals surface area contributed by atoms with Crippen molar-refractivity contribution in [1.29, 1.82) is 0 Å². The molecule has 0 bridgehead atoms. The zero-order valence-electron chi connectivity index (χ0n) is 24.5. The lowest BCUT2D eigenvalue weighted by Gasteiger charge is -2.36. The number of rotatable bonds is 12. The first-order chi connectivity index (χ1) is 18.0. The van der Waals surface area contributed by atoms with Gasteiger partial charge in [-0.1, -0.05) is 56.4 Å². The summed E-state index contributed by atoms with van der Waals surface area (Å²) in [5.74, 6) is 0.298. The third kappa shape index (κ3) is 10.2. The van der Waals surface area contributed by atoms with E-state index < -0.39 is 23.8 Å². The second-order valence-corrected chi connectivity index (χ2v) is 12.5. The lowest BCUT2D eigenvalue weighted by atomic mass is 9.93. The van der Waals surface area contributed by atoms with Crippen LogP contribution in [0.15, 0.2) is 18.2 Å². The van der Waals surface area contributed by atoms with Gasteiger partial charge in [-0.25, -0.2) is 4.79 Å². The smallest absolute Gasteiger partial charge is 0.408 e. The lowest BCUT2D eigenvalue weighted by molar-refractivity contribution is -0.143. The number of carbonyl (C=O) groups is 3. The molecular formula is C30H49N3O4S. The Hall–Kier alpha value is -2.22. The maximum atomic E-state index is 14.2. The third-order valence-electron chi connectivity index (χ3n) is 6.87. The van der Waals surface area contributed by atoms with Gasteiger partial charge in [-0.2, -0.15) is 11.8 Å². The number of aryl methyl sites for hydroxylation is 2. The Kier molecular flexibility index (Phi) is 13.0. The summed E-state index contributed by atoms with van der Waals surface area (Å²) in [6, 6.07) is 4.59. The Morgan fingerprint density at radius 3 is 2.39 bits per heavy atom. The fourth-order valence-electron chi connectivity index (χ4n) is 4.95. The Balaban J connectivity index is 2.47. The summed E-state index contributed by atoms with van der Waals surface area (Å²) in [5.41, 5.74) is 2.23. The number of alkyl carbamates (subject to hydrolysis) is 1. The lowest BCUT2D eigenvalue weighted by Crippen LogP contribution is -2.54. The van der Waals surface area contributed by atoms with Crippen LogP contribution in [-0.4, -0.2) is 59.0 Å². The second kappa shape index (κ2) is 15.4. The molecule has 0 aliphatic heterocycles. The third-order valence-corrected chi connectivity index (χ3v) is 7.51. The molecule has 8 heteroatoms. The molecule has 0 saturated heterocycles. The molecule has 1 aromatic rings. The largest absolute Gasteiger partial charge is 0.444 e. The van der Waals surface area contributed by atoms with Gasteiger partial charge in [0.05, 0.1) is 0 Å². The maximum Gasteiger partial charge on any atom is 0.408 e. The monoisotopic (exact) mass is 547 g/mol. The first-order valence-electron chi connectivity index (χ1n) is 14.1. The summed E-state index contributed by atoms with van der Waals surface area (Å²) in [6.45, 7) is 11.9. The van der Waals surface area contributed by atoms with Crippen molar-refractivity contribution in [2.75, 3.05) is 18.6 Å². The van der Waals surface area contributed by atoms with Crippen LogP contribution in [0.3, 0.4) is 0 Å². The number of unbranched alkanes of at least 4 members (excludes halogenated alkanes) is 1. The molecule has 1 saturated carbocycles. The molecule has 0 radical (unpaired) electrons. The van der Waals surface area contributed by atoms with Crippen molar-refractivity contribution >= 4 is 29.7 Å². The zero-order valence-corrected chi connectivity index (χ0v) is 25.3. The van der Waals surface area contributed by atoms with Gasteiger partial charge in [0.25, 0.3) is 0 Å². The average Bonchev–Trinajstić information content (AvgIpc) is 2.84. The highest BCUT2D eigenvalue weighted by atomic mass is 32.2. The molecule has 2 rings (SSSR count). The van der Waals surface area contributed by atoms with E-state index in [1.807, 2.05) is 32.2 Å². The first-order valence-corrected chi connectivity index (χ1v) is 15.5. The number of amides is 3. The fourth-order valence-corrected chi connectivity index (χ4v) is 5.42. The molecule has 0 heterocycles. The number of nitrogens with zero attached hydrogens (tertiary/aromatic N) is 1. The minimum Gasteiger partial charge on any atom is -0.444 e. The number of benzene rings is 1. The van der Waals surface area contributed by atoms with Gasteiger partial charge < -0.3 is 20.3 Å². The molecule has 0 spiro atoms. The molecule has 1 aliphatic carbocycles. The Bertz CT molecular complexity index is 925. The molecule has 38 heavy (non-hydrogen) atoms. The maximum absolute atomic E-state index is 14.2. The zero-order chi connectivity index (χ0) is 28.3. The topological polar surface area (TPSA) is 87.7 Å². The number of hydrogen-bond donors (Lipinski definition) is 2. The van der Waals surface area contributed by atoms with Crippen LogP contribution in [0.2, 0.25) is 0 Å². The van der Waals surface area contributed by atoms with Gasteiger partial charge in [0.2, 0.25) is 11.8 Å². The Morgan fingerprint density at radius 2 is 1.82 bits per heavy atom. The van der Waals surface area contributed by atoms with E-state index >= 15 is 0 Å². The van der Waals surface area contributed by atoms with Crippen molar-refractivity contribution in [3.63, 3.8) is 0 Å². The SMILES string of the molecule is CCCCN(C(=O)C(CCSC)NC(=O)OC(C)(C)C)C(C(=O)NC1CCCCC1)c1ccc(C)cc1C. The normalized spacial score (nSPS) is 15.9. The van der Waals surface area contributed by atoms with Crippen LogP contribution in [0.1, 0.15) is 102 Å². The Labute approximate surface area is 234 Å². The molecule has 2 N–H and O–H groups in total. The van der Waals surface area contributed by atoms with Gasteiger partial charge in [-0.3, -0.25) is 9.59 Å². The molecule has 0 aromatic heterocycles. The summed E-state index contributed by atoms with van der Waals surface area (Å²) < 4.78 is 5.48. The Morgan fingerprint density at radius 1 is 1.13 bits per heavy atom. The molecule has 3 amide bonds. The van der Waals surface area contributed by atoms with Crippen molar-refractivity contribution < 1.29 is 19.1 Å². The number of hydrogen-bond acceptors (Lipinski definition) is 5. The van der Waals surface area contributed by atoms with Crippen molar-refractivity contribution in [1.82, 2.24) is 15.5 Å². The number of carbonyl (C=O) groups excluding carboxylic acids is 3. The first kappa shape index (κ1) is 32.0. The predicted octanol–water partition coefficient (Wildman–Crippen LogP) is 6.07. The van der Waals surface area contributed by atoms with Crippen molar-refractivity contribution in [2.45, 2.75) is 117 Å². The van der Waals surface area contributed by atoms with E-state index in [0.717, 1.165) is 55.2 Å². The van der Waals surface area contributed by atoms with E-state index in [4.69, 9.17) is 4.74 Å². The van der Waals surface area contributed by atoms with Crippen LogP contribution < -0.4 is 10.6 Å².